The number of rotatable bonds is 7. The number of anilines is 1. The number of nitrogens with zero attached hydrogens (tertiary/aromatic N) is 1. The van der Waals surface area contributed by atoms with Crippen LogP contribution in [0.25, 0.3) is 0 Å². The number of carbonyl (C=O) groups is 1. The lowest BCUT2D eigenvalue weighted by molar-refractivity contribution is -0.0996. The predicted octanol–water partition coefficient (Wildman–Crippen LogP) is 6.62. The highest BCUT2D eigenvalue weighted by Gasteiger charge is 2.52. The van der Waals surface area contributed by atoms with Gasteiger partial charge in [0.15, 0.2) is 0 Å². The minimum absolute atomic E-state index is 0.188. The largest absolute Gasteiger partial charge is 0.488 e. The topological polar surface area (TPSA) is 82.4 Å². The highest BCUT2D eigenvalue weighted by atomic mass is 35.5. The van der Waals surface area contributed by atoms with Gasteiger partial charge in [-0.25, -0.2) is 4.79 Å². The first-order valence-electron chi connectivity index (χ1n) is 10.7. The number of benzene rings is 2. The van der Waals surface area contributed by atoms with Crippen molar-refractivity contribution in [1.29, 1.82) is 5.26 Å². The normalized spacial score (nSPS) is 21.0. The van der Waals surface area contributed by atoms with Gasteiger partial charge in [0.25, 0.3) is 0 Å². The molecule has 3 saturated carbocycles. The molecule has 1 unspecified atom stereocenters. The van der Waals surface area contributed by atoms with Gasteiger partial charge >= 0.3 is 5.97 Å². The molecule has 1 spiro atoms. The van der Waals surface area contributed by atoms with Crippen molar-refractivity contribution < 1.29 is 14.6 Å². The van der Waals surface area contributed by atoms with Crippen molar-refractivity contribution >= 4 is 35.2 Å². The Bertz CT molecular complexity index is 1080. The fourth-order valence-electron chi connectivity index (χ4n) is 4.63. The second kappa shape index (κ2) is 7.96. The van der Waals surface area contributed by atoms with Crippen LogP contribution in [0.4, 0.5) is 5.69 Å². The highest BCUT2D eigenvalue weighted by molar-refractivity contribution is 8.00. The van der Waals surface area contributed by atoms with E-state index in [-0.39, 0.29) is 11.7 Å². The Hall–Kier alpha value is -2.36. The molecule has 2 aromatic rings. The molecule has 0 aliphatic heterocycles. The monoisotopic (exact) mass is 454 g/mol. The Balaban J connectivity index is 1.41. The van der Waals surface area contributed by atoms with E-state index in [0.29, 0.717) is 33.4 Å². The molecule has 0 bridgehead atoms. The Labute approximate surface area is 190 Å². The molecule has 3 aliphatic carbocycles. The van der Waals surface area contributed by atoms with E-state index in [2.05, 4.69) is 10.8 Å². The van der Waals surface area contributed by atoms with E-state index in [1.165, 1.54) is 37.6 Å². The number of carboxylic acids is 1. The molecule has 31 heavy (non-hydrogen) atoms. The molecule has 2 aromatic carbocycles. The van der Waals surface area contributed by atoms with Gasteiger partial charge in [0.1, 0.15) is 17.9 Å². The van der Waals surface area contributed by atoms with Gasteiger partial charge in [0.2, 0.25) is 0 Å². The number of halogens is 1. The Morgan fingerprint density at radius 1 is 1.23 bits per heavy atom. The second-order valence-electron chi connectivity index (χ2n) is 8.84. The van der Waals surface area contributed by atoms with Crippen LogP contribution in [0.1, 0.15) is 72.3 Å². The first-order chi connectivity index (χ1) is 15.0. The molecule has 0 heterocycles. The fraction of sp³-hybridized carbons (Fsp3) is 0.417. The molecule has 0 amide bonds. The summed E-state index contributed by atoms with van der Waals surface area (Å²) in [6.45, 7) is 0. The zero-order valence-electron chi connectivity index (χ0n) is 17.0. The van der Waals surface area contributed by atoms with Gasteiger partial charge in [-0.3, -0.25) is 0 Å². The molecule has 0 aromatic heterocycles. The van der Waals surface area contributed by atoms with Crippen molar-refractivity contribution in [3.05, 3.63) is 52.0 Å². The molecule has 160 valence electrons. The second-order valence-corrected chi connectivity index (χ2v) is 10.1. The number of nitriles is 1. The Morgan fingerprint density at radius 3 is 2.61 bits per heavy atom. The molecule has 0 radical (unpaired) electrons. The third kappa shape index (κ3) is 3.86. The maximum absolute atomic E-state index is 11.5. The summed E-state index contributed by atoms with van der Waals surface area (Å²) in [6, 6.07) is 10.9. The van der Waals surface area contributed by atoms with E-state index in [4.69, 9.17) is 16.3 Å². The number of hydrogen-bond donors (Lipinski definition) is 2. The van der Waals surface area contributed by atoms with E-state index < -0.39 is 5.97 Å². The van der Waals surface area contributed by atoms with Crippen molar-refractivity contribution in [2.45, 2.75) is 61.9 Å². The Kier molecular flexibility index (Phi) is 5.27. The zero-order valence-corrected chi connectivity index (χ0v) is 18.6. The van der Waals surface area contributed by atoms with Gasteiger partial charge in [0, 0.05) is 16.4 Å². The van der Waals surface area contributed by atoms with Gasteiger partial charge < -0.3 is 14.6 Å². The summed E-state index contributed by atoms with van der Waals surface area (Å²) in [7, 11) is 0. The number of carboxylic acid groups (broad SMARTS) is 1. The average molecular weight is 455 g/mol. The van der Waals surface area contributed by atoms with E-state index in [0.717, 1.165) is 29.7 Å². The molecule has 5 nitrogen and oxygen atoms in total. The molecule has 2 N–H and O–H groups in total. The maximum Gasteiger partial charge on any atom is 0.335 e. The van der Waals surface area contributed by atoms with E-state index in [9.17, 15) is 15.2 Å². The summed E-state index contributed by atoms with van der Waals surface area (Å²) in [6.07, 6.45) is 8.38. The molecule has 3 aliphatic rings. The van der Waals surface area contributed by atoms with Crippen LogP contribution in [0.2, 0.25) is 5.02 Å². The number of ether oxygens (including phenoxy) is 1. The third-order valence-electron chi connectivity index (χ3n) is 6.94. The van der Waals surface area contributed by atoms with Gasteiger partial charge in [-0.05, 0) is 80.2 Å². The summed E-state index contributed by atoms with van der Waals surface area (Å²) in [5.41, 5.74) is 2.81. The zero-order chi connectivity index (χ0) is 21.6. The molecular weight excluding hydrogens is 432 g/mol. The van der Waals surface area contributed by atoms with E-state index in [1.54, 1.807) is 24.3 Å². The van der Waals surface area contributed by atoms with Crippen molar-refractivity contribution in [3.8, 4) is 11.8 Å². The first kappa shape index (κ1) is 20.5. The standard InChI is InChI=1S/C24H23ClN2O3S/c25-18-12-20(30-22-6-9-24(22)7-1-8-24)19(10-16(18)13-26)27-31-21-11-15(23(28)29)4-5-17(21)14-2-3-14/h4-5,10-12,14,22,27H,1-3,6-9H2,(H,28,29). The first-order valence-corrected chi connectivity index (χ1v) is 11.9. The highest BCUT2D eigenvalue weighted by Crippen LogP contribution is 2.57. The van der Waals surface area contributed by atoms with Crippen LogP contribution >= 0.6 is 23.5 Å². The van der Waals surface area contributed by atoms with Crippen LogP contribution in [-0.4, -0.2) is 17.2 Å². The number of hydrogen-bond acceptors (Lipinski definition) is 5. The van der Waals surface area contributed by atoms with Gasteiger partial charge in [-0.1, -0.05) is 24.1 Å². The van der Waals surface area contributed by atoms with Crippen LogP contribution in [0.15, 0.2) is 35.2 Å². The molecule has 3 fully saturated rings. The van der Waals surface area contributed by atoms with E-state index >= 15 is 0 Å². The van der Waals surface area contributed by atoms with Gasteiger partial charge in [0.05, 0.1) is 21.8 Å². The fourth-order valence-corrected chi connectivity index (χ4v) is 5.74. The van der Waals surface area contributed by atoms with Crippen LogP contribution in [-0.2, 0) is 0 Å². The smallest absolute Gasteiger partial charge is 0.335 e. The molecular formula is C24H23ClN2O3S. The van der Waals surface area contributed by atoms with Crippen LogP contribution in [0.3, 0.4) is 0 Å². The van der Waals surface area contributed by atoms with Crippen molar-refractivity contribution in [1.82, 2.24) is 0 Å². The van der Waals surface area contributed by atoms with Crippen molar-refractivity contribution in [2.24, 2.45) is 5.41 Å². The lowest BCUT2D eigenvalue weighted by atomic mass is 9.54. The van der Waals surface area contributed by atoms with Crippen LogP contribution in [0, 0.1) is 16.7 Å². The summed E-state index contributed by atoms with van der Waals surface area (Å²) in [5, 5.41) is 19.2. The lowest BCUT2D eigenvalue weighted by Crippen LogP contribution is -2.52. The van der Waals surface area contributed by atoms with Gasteiger partial charge in [-0.2, -0.15) is 5.26 Å². The quantitative estimate of drug-likeness (QED) is 0.457. The number of aromatic carboxylic acids is 1. The predicted molar refractivity (Wildman–Crippen MR) is 121 cm³/mol. The summed E-state index contributed by atoms with van der Waals surface area (Å²) in [4.78, 5) is 12.3. The third-order valence-corrected chi connectivity index (χ3v) is 8.15. The van der Waals surface area contributed by atoms with Crippen molar-refractivity contribution in [3.63, 3.8) is 0 Å². The lowest BCUT2D eigenvalue weighted by Gasteiger charge is -2.55. The molecule has 1 atom stereocenters. The van der Waals surface area contributed by atoms with Crippen LogP contribution < -0.4 is 9.46 Å². The van der Waals surface area contributed by atoms with Crippen LogP contribution in [0.5, 0.6) is 5.75 Å². The minimum Gasteiger partial charge on any atom is -0.488 e. The molecule has 7 heteroatoms. The molecule has 5 rings (SSSR count). The summed E-state index contributed by atoms with van der Waals surface area (Å²) < 4.78 is 9.72. The minimum atomic E-state index is -0.942. The number of nitrogens with one attached hydrogen (secondary N) is 1. The molecule has 0 saturated heterocycles. The van der Waals surface area contributed by atoms with Crippen molar-refractivity contribution in [2.75, 3.05) is 4.72 Å². The van der Waals surface area contributed by atoms with E-state index in [1.807, 2.05) is 6.07 Å². The SMILES string of the molecule is N#Cc1cc(NSc2cc(C(=O)O)ccc2C2CC2)c(OC2CCC23CCC3)cc1Cl. The summed E-state index contributed by atoms with van der Waals surface area (Å²) >= 11 is 7.68. The summed E-state index contributed by atoms with van der Waals surface area (Å²) in [5.74, 6) is 0.188. The Morgan fingerprint density at radius 2 is 2.03 bits per heavy atom. The van der Waals surface area contributed by atoms with Gasteiger partial charge in [-0.15, -0.1) is 0 Å². The maximum atomic E-state index is 11.5. The average Bonchev–Trinajstić information content (AvgIpc) is 3.54.